The monoisotopic (exact) mass is 464 g/mol. The van der Waals surface area contributed by atoms with E-state index in [4.69, 9.17) is 4.98 Å². The van der Waals surface area contributed by atoms with Gasteiger partial charge in [-0.05, 0) is 68.2 Å². The topological polar surface area (TPSA) is 85.6 Å². The van der Waals surface area contributed by atoms with Crippen molar-refractivity contribution in [1.82, 2.24) is 30.0 Å². The molecule has 7 heteroatoms. The van der Waals surface area contributed by atoms with Crippen molar-refractivity contribution in [2.24, 2.45) is 0 Å². The molecule has 6 rings (SSSR count). The van der Waals surface area contributed by atoms with Crippen molar-refractivity contribution in [2.45, 2.75) is 57.4 Å². The molecule has 0 radical (unpaired) electrons. The van der Waals surface area contributed by atoms with Crippen LogP contribution in [0.15, 0.2) is 61.2 Å². The summed E-state index contributed by atoms with van der Waals surface area (Å²) in [6.45, 7) is 2.01. The standard InChI is InChI=1S/C28H28N6O/c1-18(14-19-6-5-13-29-15-19)32-27(35)24-17-31-34(26(24)21-11-12-21)28-30-16-22-9-4-8-20-7-2-3-10-23(20)25(22)33-28/h2-3,5-7,10,13,15-18,21H,4,8-9,11-12,14H2,1H3,(H,32,35)/t18-/m0/s1. The predicted molar refractivity (Wildman–Crippen MR) is 133 cm³/mol. The van der Waals surface area contributed by atoms with Crippen LogP contribution in [-0.4, -0.2) is 36.7 Å². The number of hydrogen-bond acceptors (Lipinski definition) is 5. The molecule has 3 heterocycles. The maximum atomic E-state index is 13.3. The largest absolute Gasteiger partial charge is 0.349 e. The van der Waals surface area contributed by atoms with Gasteiger partial charge in [0.2, 0.25) is 0 Å². The van der Waals surface area contributed by atoms with Crippen molar-refractivity contribution in [3.63, 3.8) is 0 Å². The second kappa shape index (κ2) is 9.06. The maximum Gasteiger partial charge on any atom is 0.255 e. The smallest absolute Gasteiger partial charge is 0.255 e. The van der Waals surface area contributed by atoms with E-state index < -0.39 is 0 Å². The molecule has 4 aromatic rings. The number of rotatable bonds is 6. The summed E-state index contributed by atoms with van der Waals surface area (Å²) in [7, 11) is 0. The van der Waals surface area contributed by atoms with Gasteiger partial charge in [0, 0.05) is 36.1 Å². The Balaban J connectivity index is 1.31. The summed E-state index contributed by atoms with van der Waals surface area (Å²) >= 11 is 0. The van der Waals surface area contributed by atoms with Gasteiger partial charge in [-0.3, -0.25) is 9.78 Å². The van der Waals surface area contributed by atoms with Crippen molar-refractivity contribution in [2.75, 3.05) is 0 Å². The number of aromatic nitrogens is 5. The van der Waals surface area contributed by atoms with Crippen LogP contribution in [0.4, 0.5) is 0 Å². The summed E-state index contributed by atoms with van der Waals surface area (Å²) in [5.41, 5.74) is 7.27. The van der Waals surface area contributed by atoms with Gasteiger partial charge in [0.05, 0.1) is 23.1 Å². The van der Waals surface area contributed by atoms with Crippen LogP contribution in [0.3, 0.4) is 0 Å². The summed E-state index contributed by atoms with van der Waals surface area (Å²) in [4.78, 5) is 27.1. The highest BCUT2D eigenvalue weighted by Gasteiger charge is 2.34. The van der Waals surface area contributed by atoms with Crippen LogP contribution in [0.1, 0.15) is 64.8 Å². The number of carbonyl (C=O) groups excluding carboxylic acids is 1. The molecule has 0 saturated heterocycles. The van der Waals surface area contributed by atoms with Crippen LogP contribution in [0.5, 0.6) is 0 Å². The average Bonchev–Trinajstić information content (AvgIpc) is 3.65. The van der Waals surface area contributed by atoms with Crippen LogP contribution in [0.25, 0.3) is 17.2 Å². The van der Waals surface area contributed by atoms with Crippen LogP contribution >= 0.6 is 0 Å². The molecule has 3 aromatic heterocycles. The highest BCUT2D eigenvalue weighted by atomic mass is 16.1. The zero-order chi connectivity index (χ0) is 23.8. The Morgan fingerprint density at radius 2 is 1.94 bits per heavy atom. The van der Waals surface area contributed by atoms with Gasteiger partial charge in [0.15, 0.2) is 0 Å². The Morgan fingerprint density at radius 3 is 2.77 bits per heavy atom. The minimum absolute atomic E-state index is 0.0256. The normalized spacial score (nSPS) is 15.6. The second-order valence-electron chi connectivity index (χ2n) is 9.62. The first-order chi connectivity index (χ1) is 17.2. The Labute approximate surface area is 204 Å². The summed E-state index contributed by atoms with van der Waals surface area (Å²) in [5.74, 6) is 0.737. The first-order valence-electron chi connectivity index (χ1n) is 12.4. The van der Waals surface area contributed by atoms with E-state index in [9.17, 15) is 4.79 Å². The van der Waals surface area contributed by atoms with Gasteiger partial charge >= 0.3 is 0 Å². The molecule has 0 spiro atoms. The molecule has 1 saturated carbocycles. The lowest BCUT2D eigenvalue weighted by molar-refractivity contribution is 0.0939. The molecule has 2 aliphatic carbocycles. The molecule has 0 aliphatic heterocycles. The molecule has 0 unspecified atom stereocenters. The third kappa shape index (κ3) is 4.34. The Bertz CT molecular complexity index is 1380. The lowest BCUT2D eigenvalue weighted by Gasteiger charge is -2.15. The van der Waals surface area contributed by atoms with E-state index in [1.54, 1.807) is 17.1 Å². The molecule has 35 heavy (non-hydrogen) atoms. The summed E-state index contributed by atoms with van der Waals surface area (Å²) in [5, 5.41) is 7.75. The van der Waals surface area contributed by atoms with Crippen molar-refractivity contribution >= 4 is 5.91 Å². The van der Waals surface area contributed by atoms with E-state index in [0.717, 1.165) is 55.5 Å². The molecule has 1 atom stereocenters. The molecule has 1 N–H and O–H groups in total. The van der Waals surface area contributed by atoms with Gasteiger partial charge in [-0.15, -0.1) is 0 Å². The van der Waals surface area contributed by atoms with Crippen molar-refractivity contribution in [1.29, 1.82) is 0 Å². The van der Waals surface area contributed by atoms with Crippen LogP contribution in [-0.2, 0) is 19.3 Å². The summed E-state index contributed by atoms with van der Waals surface area (Å²) in [6, 6.07) is 12.4. The number of amides is 1. The zero-order valence-electron chi connectivity index (χ0n) is 19.8. The van der Waals surface area contributed by atoms with Gasteiger partial charge in [-0.1, -0.05) is 30.3 Å². The van der Waals surface area contributed by atoms with Crippen LogP contribution in [0, 0.1) is 0 Å². The first kappa shape index (κ1) is 21.6. The number of hydrogen-bond donors (Lipinski definition) is 1. The predicted octanol–water partition coefficient (Wildman–Crippen LogP) is 4.45. The highest BCUT2D eigenvalue weighted by Crippen LogP contribution is 2.42. The fraction of sp³-hybridized carbons (Fsp3) is 0.321. The number of nitrogens with zero attached hydrogens (tertiary/aromatic N) is 5. The van der Waals surface area contributed by atoms with Gasteiger partial charge in [0.1, 0.15) is 0 Å². The van der Waals surface area contributed by atoms with E-state index in [1.165, 1.54) is 16.7 Å². The fourth-order valence-corrected chi connectivity index (χ4v) is 5.02. The Morgan fingerprint density at radius 1 is 1.09 bits per heavy atom. The zero-order valence-corrected chi connectivity index (χ0v) is 19.8. The lowest BCUT2D eigenvalue weighted by Crippen LogP contribution is -2.34. The fourth-order valence-electron chi connectivity index (χ4n) is 5.02. The molecule has 2 aliphatic rings. The molecule has 7 nitrogen and oxygen atoms in total. The number of nitrogens with one attached hydrogen (secondary N) is 1. The van der Waals surface area contributed by atoms with Crippen LogP contribution < -0.4 is 5.32 Å². The van der Waals surface area contributed by atoms with E-state index >= 15 is 0 Å². The van der Waals surface area contributed by atoms with E-state index in [1.807, 2.05) is 31.5 Å². The van der Waals surface area contributed by atoms with E-state index in [2.05, 4.69) is 44.6 Å². The van der Waals surface area contributed by atoms with Gasteiger partial charge in [-0.2, -0.15) is 5.10 Å². The molecule has 1 fully saturated rings. The van der Waals surface area contributed by atoms with Crippen molar-refractivity contribution < 1.29 is 4.79 Å². The van der Waals surface area contributed by atoms with Crippen LogP contribution in [0.2, 0.25) is 0 Å². The number of benzene rings is 1. The highest BCUT2D eigenvalue weighted by molar-refractivity contribution is 5.95. The number of aryl methyl sites for hydroxylation is 2. The SMILES string of the molecule is C[C@@H](Cc1cccnc1)NC(=O)c1cnn(-c2ncc3c(n2)-c2ccccc2CCC3)c1C1CC1. The second-order valence-corrected chi connectivity index (χ2v) is 9.62. The van der Waals surface area contributed by atoms with Gasteiger partial charge in [-0.25, -0.2) is 14.6 Å². The van der Waals surface area contributed by atoms with E-state index in [0.29, 0.717) is 17.4 Å². The van der Waals surface area contributed by atoms with Crippen molar-refractivity contribution in [3.05, 3.63) is 89.1 Å². The third-order valence-electron chi connectivity index (χ3n) is 6.86. The quantitative estimate of drug-likeness (QED) is 0.456. The minimum atomic E-state index is -0.102. The average molecular weight is 465 g/mol. The first-order valence-corrected chi connectivity index (χ1v) is 12.4. The Kier molecular flexibility index (Phi) is 5.60. The Hall–Kier alpha value is -3.87. The van der Waals surface area contributed by atoms with Gasteiger partial charge in [0.25, 0.3) is 11.9 Å². The van der Waals surface area contributed by atoms with E-state index in [-0.39, 0.29) is 11.9 Å². The number of pyridine rings is 1. The lowest BCUT2D eigenvalue weighted by atomic mass is 10.0. The molecule has 176 valence electrons. The number of fused-ring (bicyclic) bond motifs is 3. The molecular formula is C28H28N6O. The minimum Gasteiger partial charge on any atom is -0.349 e. The summed E-state index contributed by atoms with van der Waals surface area (Å²) < 4.78 is 1.78. The van der Waals surface area contributed by atoms with Gasteiger partial charge < -0.3 is 5.32 Å². The summed E-state index contributed by atoms with van der Waals surface area (Å²) in [6.07, 6.45) is 13.1. The number of carbonyl (C=O) groups is 1. The molecule has 1 aromatic carbocycles. The molecule has 0 bridgehead atoms. The maximum absolute atomic E-state index is 13.3. The van der Waals surface area contributed by atoms with Crippen molar-refractivity contribution in [3.8, 4) is 17.2 Å². The molecule has 1 amide bonds. The molecular weight excluding hydrogens is 436 g/mol. The third-order valence-corrected chi connectivity index (χ3v) is 6.86.